The molecule has 0 radical (unpaired) electrons. The molecule has 4 heteroatoms. The highest BCUT2D eigenvalue weighted by molar-refractivity contribution is 5.86. The van der Waals surface area contributed by atoms with Gasteiger partial charge in [-0.3, -0.25) is 5.41 Å². The first kappa shape index (κ1) is 13.2. The maximum atomic E-state index is 10.4. The van der Waals surface area contributed by atoms with E-state index in [0.29, 0.717) is 6.42 Å². The van der Waals surface area contributed by atoms with Crippen molar-refractivity contribution in [1.29, 1.82) is 5.41 Å². The first-order valence-corrected chi connectivity index (χ1v) is 5.45. The molecule has 17 heavy (non-hydrogen) atoms. The normalized spacial score (nSPS) is 10.9. The van der Waals surface area contributed by atoms with Crippen LogP contribution in [0.4, 0.5) is 4.79 Å². The van der Waals surface area contributed by atoms with Gasteiger partial charge in [-0.05, 0) is 18.4 Å². The lowest BCUT2D eigenvalue weighted by atomic mass is 9.86. The third kappa shape index (κ3) is 4.26. The Bertz CT molecular complexity index is 398. The molecule has 0 spiro atoms. The molecule has 0 aliphatic carbocycles. The van der Waals surface area contributed by atoms with Crippen molar-refractivity contribution in [2.75, 3.05) is 0 Å². The highest BCUT2D eigenvalue weighted by Crippen LogP contribution is 2.25. The topological polar surface area (TPSA) is 70.4 Å². The van der Waals surface area contributed by atoms with Crippen LogP contribution in [-0.2, 0) is 11.2 Å². The summed E-state index contributed by atoms with van der Waals surface area (Å²) in [6.45, 7) is 3.61. The van der Waals surface area contributed by atoms with E-state index in [-0.39, 0.29) is 5.90 Å². The van der Waals surface area contributed by atoms with Crippen molar-refractivity contribution in [2.45, 2.75) is 26.7 Å². The van der Waals surface area contributed by atoms with Crippen LogP contribution in [0.2, 0.25) is 0 Å². The number of benzene rings is 1. The van der Waals surface area contributed by atoms with Crippen molar-refractivity contribution in [3.63, 3.8) is 0 Å². The van der Waals surface area contributed by atoms with Crippen LogP contribution in [-0.4, -0.2) is 17.2 Å². The molecule has 1 aromatic rings. The van der Waals surface area contributed by atoms with Gasteiger partial charge in [0.15, 0.2) is 5.90 Å². The van der Waals surface area contributed by atoms with Gasteiger partial charge >= 0.3 is 6.16 Å². The molecule has 1 aromatic carbocycles. The molecule has 0 heterocycles. The summed E-state index contributed by atoms with van der Waals surface area (Å²) in [5, 5.41) is 16.1. The van der Waals surface area contributed by atoms with Crippen LogP contribution in [0.5, 0.6) is 0 Å². The zero-order valence-electron chi connectivity index (χ0n) is 10.1. The van der Waals surface area contributed by atoms with Gasteiger partial charge in [-0.1, -0.05) is 44.2 Å². The van der Waals surface area contributed by atoms with Gasteiger partial charge in [0.1, 0.15) is 0 Å². The Morgan fingerprint density at radius 1 is 1.35 bits per heavy atom. The summed E-state index contributed by atoms with van der Waals surface area (Å²) in [5.74, 6) is -0.207. The molecular weight excluding hydrogens is 218 g/mol. The number of carbonyl (C=O) groups is 1. The number of ether oxygens (including phenoxy) is 1. The standard InChI is InChI=1S/C13H17NO3/c1-13(2,11(14)17-12(15)16)9-8-10-6-4-3-5-7-10/h3-7,14H,8-9H2,1-2H3,(H,15,16). The smallest absolute Gasteiger partial charge is 0.449 e. The molecule has 1 rings (SSSR count). The summed E-state index contributed by atoms with van der Waals surface area (Å²) in [7, 11) is 0. The highest BCUT2D eigenvalue weighted by atomic mass is 16.7. The molecule has 0 amide bonds. The quantitative estimate of drug-likeness (QED) is 0.477. The SMILES string of the molecule is CC(C)(CCc1ccccc1)C(=N)OC(=O)O. The highest BCUT2D eigenvalue weighted by Gasteiger charge is 2.27. The Balaban J connectivity index is 2.55. The Morgan fingerprint density at radius 3 is 2.47 bits per heavy atom. The Kier molecular flexibility index (Phi) is 4.26. The lowest BCUT2D eigenvalue weighted by Gasteiger charge is -2.23. The number of aryl methyl sites for hydroxylation is 1. The number of rotatable bonds is 4. The summed E-state index contributed by atoms with van der Waals surface area (Å²) in [6.07, 6.45) is 0.0327. The third-order valence-electron chi connectivity index (χ3n) is 2.69. The maximum absolute atomic E-state index is 10.4. The van der Waals surface area contributed by atoms with Crippen LogP contribution in [0, 0.1) is 10.8 Å². The van der Waals surface area contributed by atoms with E-state index in [0.717, 1.165) is 6.42 Å². The molecule has 0 saturated carbocycles. The first-order valence-electron chi connectivity index (χ1n) is 5.45. The largest absolute Gasteiger partial charge is 0.512 e. The molecule has 2 N–H and O–H groups in total. The monoisotopic (exact) mass is 235 g/mol. The van der Waals surface area contributed by atoms with E-state index in [9.17, 15) is 4.79 Å². The lowest BCUT2D eigenvalue weighted by Crippen LogP contribution is -2.28. The summed E-state index contributed by atoms with van der Waals surface area (Å²) in [4.78, 5) is 10.4. The summed E-state index contributed by atoms with van der Waals surface area (Å²) in [6, 6.07) is 9.89. The summed E-state index contributed by atoms with van der Waals surface area (Å²) in [5.41, 5.74) is 0.595. The summed E-state index contributed by atoms with van der Waals surface area (Å²) >= 11 is 0. The number of hydrogen-bond acceptors (Lipinski definition) is 3. The van der Waals surface area contributed by atoms with E-state index in [4.69, 9.17) is 10.5 Å². The van der Waals surface area contributed by atoms with Gasteiger partial charge in [-0.15, -0.1) is 0 Å². The van der Waals surface area contributed by atoms with Gasteiger partial charge in [0, 0.05) is 5.41 Å². The molecule has 0 aliphatic rings. The molecule has 0 fully saturated rings. The van der Waals surface area contributed by atoms with E-state index in [2.05, 4.69) is 4.74 Å². The van der Waals surface area contributed by atoms with Gasteiger partial charge < -0.3 is 9.84 Å². The zero-order chi connectivity index (χ0) is 12.9. The van der Waals surface area contributed by atoms with Crippen LogP contribution in [0.1, 0.15) is 25.8 Å². The fraction of sp³-hybridized carbons (Fsp3) is 0.385. The van der Waals surface area contributed by atoms with Crippen LogP contribution in [0.15, 0.2) is 30.3 Å². The average molecular weight is 235 g/mol. The fourth-order valence-corrected chi connectivity index (χ4v) is 1.44. The molecule has 4 nitrogen and oxygen atoms in total. The van der Waals surface area contributed by atoms with Crippen molar-refractivity contribution in [1.82, 2.24) is 0 Å². The van der Waals surface area contributed by atoms with E-state index in [1.165, 1.54) is 5.56 Å². The van der Waals surface area contributed by atoms with Crippen molar-refractivity contribution < 1.29 is 14.6 Å². The number of carboxylic acid groups (broad SMARTS) is 1. The lowest BCUT2D eigenvalue weighted by molar-refractivity contribution is 0.132. The van der Waals surface area contributed by atoms with Gasteiger partial charge in [-0.25, -0.2) is 4.79 Å². The Labute approximate surface area is 101 Å². The fourth-order valence-electron chi connectivity index (χ4n) is 1.44. The van der Waals surface area contributed by atoms with E-state index in [1.54, 1.807) is 13.8 Å². The minimum Gasteiger partial charge on any atom is -0.449 e. The van der Waals surface area contributed by atoms with Crippen molar-refractivity contribution in [3.05, 3.63) is 35.9 Å². The van der Waals surface area contributed by atoms with Gasteiger partial charge in [-0.2, -0.15) is 0 Å². The minimum absolute atomic E-state index is 0.207. The number of hydrogen-bond donors (Lipinski definition) is 2. The second kappa shape index (κ2) is 5.48. The Hall–Kier alpha value is -1.84. The van der Waals surface area contributed by atoms with Gasteiger partial charge in [0.25, 0.3) is 0 Å². The van der Waals surface area contributed by atoms with Crippen LogP contribution < -0.4 is 0 Å². The first-order chi connectivity index (χ1) is 7.92. The second-order valence-electron chi connectivity index (χ2n) is 4.57. The average Bonchev–Trinajstić information content (AvgIpc) is 2.27. The van der Waals surface area contributed by atoms with Crippen molar-refractivity contribution in [3.8, 4) is 0 Å². The molecule has 0 bridgehead atoms. The predicted octanol–water partition coefficient (Wildman–Crippen LogP) is 3.32. The van der Waals surface area contributed by atoms with Gasteiger partial charge in [0.05, 0.1) is 0 Å². The molecule has 0 saturated heterocycles. The molecule has 0 atom stereocenters. The minimum atomic E-state index is -1.43. The van der Waals surface area contributed by atoms with Crippen molar-refractivity contribution >= 4 is 12.1 Å². The van der Waals surface area contributed by atoms with Crippen LogP contribution >= 0.6 is 0 Å². The molecule has 0 unspecified atom stereocenters. The van der Waals surface area contributed by atoms with Crippen LogP contribution in [0.3, 0.4) is 0 Å². The van der Waals surface area contributed by atoms with Gasteiger partial charge in [0.2, 0.25) is 0 Å². The second-order valence-corrected chi connectivity index (χ2v) is 4.57. The molecule has 0 aliphatic heterocycles. The van der Waals surface area contributed by atoms with E-state index >= 15 is 0 Å². The molecular formula is C13H17NO3. The number of nitrogens with one attached hydrogen (secondary N) is 1. The third-order valence-corrected chi connectivity index (χ3v) is 2.69. The Morgan fingerprint density at radius 2 is 1.94 bits per heavy atom. The van der Waals surface area contributed by atoms with Crippen molar-refractivity contribution in [2.24, 2.45) is 5.41 Å². The van der Waals surface area contributed by atoms with E-state index < -0.39 is 11.6 Å². The zero-order valence-corrected chi connectivity index (χ0v) is 10.1. The molecule has 0 aromatic heterocycles. The predicted molar refractivity (Wildman–Crippen MR) is 65.4 cm³/mol. The van der Waals surface area contributed by atoms with E-state index in [1.807, 2.05) is 30.3 Å². The molecule has 92 valence electrons. The summed E-state index contributed by atoms with van der Waals surface area (Å²) < 4.78 is 4.40. The maximum Gasteiger partial charge on any atom is 0.512 e. The van der Waals surface area contributed by atoms with Crippen LogP contribution in [0.25, 0.3) is 0 Å².